The highest BCUT2D eigenvalue weighted by Gasteiger charge is 2.33. The van der Waals surface area contributed by atoms with Crippen LogP contribution >= 0.6 is 0 Å². The Kier molecular flexibility index (Phi) is 5.19. The first-order chi connectivity index (χ1) is 15.2. The second-order valence-electron chi connectivity index (χ2n) is 7.83. The number of carbonyl (C=O) groups excluding carboxylic acids is 1. The molecule has 1 atom stereocenters. The van der Waals surface area contributed by atoms with Crippen LogP contribution in [-0.2, 0) is 6.54 Å². The standard InChI is InChI=1S/C23H24N6O2/c1-2-12-28-15-17(14-25-28)23(30)29-13-6-5-9-19(29)21-26-27-22(31-21)20-18-8-4-3-7-16(18)10-11-24-20/h3-4,7-8,10-11,14-15,19H,2,5-6,9,12-13H2,1H3/t19-/m1/s1. The molecular weight excluding hydrogens is 392 g/mol. The number of nitrogens with zero attached hydrogens (tertiary/aromatic N) is 6. The van der Waals surface area contributed by atoms with Gasteiger partial charge in [-0.15, -0.1) is 10.2 Å². The van der Waals surface area contributed by atoms with Crippen molar-refractivity contribution in [2.45, 2.75) is 45.2 Å². The van der Waals surface area contributed by atoms with Gasteiger partial charge in [0.25, 0.3) is 11.8 Å². The minimum atomic E-state index is -0.244. The van der Waals surface area contributed by atoms with E-state index < -0.39 is 0 Å². The Bertz CT molecular complexity index is 1210. The van der Waals surface area contributed by atoms with Gasteiger partial charge in [-0.1, -0.05) is 31.2 Å². The average molecular weight is 416 g/mol. The fourth-order valence-electron chi connectivity index (χ4n) is 4.18. The molecular formula is C23H24N6O2. The van der Waals surface area contributed by atoms with Gasteiger partial charge in [-0.25, -0.2) is 0 Å². The number of hydrogen-bond acceptors (Lipinski definition) is 6. The minimum Gasteiger partial charge on any atom is -0.417 e. The van der Waals surface area contributed by atoms with Crippen LogP contribution in [0.3, 0.4) is 0 Å². The van der Waals surface area contributed by atoms with Crippen LogP contribution in [0.25, 0.3) is 22.4 Å². The number of aryl methyl sites for hydroxylation is 1. The van der Waals surface area contributed by atoms with Crippen molar-refractivity contribution >= 4 is 16.7 Å². The van der Waals surface area contributed by atoms with E-state index in [1.807, 2.05) is 46.1 Å². The lowest BCUT2D eigenvalue weighted by Crippen LogP contribution is -2.38. The van der Waals surface area contributed by atoms with Gasteiger partial charge in [0, 0.05) is 30.9 Å². The SMILES string of the molecule is CCCn1cc(C(=O)N2CCCC[C@@H]2c2nnc(-c3nccc4ccccc34)o2)cn1. The molecule has 1 aliphatic rings. The summed E-state index contributed by atoms with van der Waals surface area (Å²) in [5, 5.41) is 14.9. The second-order valence-corrected chi connectivity index (χ2v) is 7.83. The number of pyridine rings is 1. The summed E-state index contributed by atoms with van der Waals surface area (Å²) in [7, 11) is 0. The first kappa shape index (κ1) is 19.4. The average Bonchev–Trinajstić information content (AvgIpc) is 3.49. The summed E-state index contributed by atoms with van der Waals surface area (Å²) in [5.74, 6) is 0.786. The Labute approximate surface area is 179 Å². The fourth-order valence-corrected chi connectivity index (χ4v) is 4.18. The number of piperidine rings is 1. The predicted octanol–water partition coefficient (Wildman–Crippen LogP) is 4.26. The molecule has 0 unspecified atom stereocenters. The summed E-state index contributed by atoms with van der Waals surface area (Å²) in [6.07, 6.45) is 8.92. The summed E-state index contributed by atoms with van der Waals surface area (Å²) in [4.78, 5) is 19.5. The summed E-state index contributed by atoms with van der Waals surface area (Å²) < 4.78 is 7.89. The molecule has 0 radical (unpaired) electrons. The molecule has 0 aliphatic carbocycles. The van der Waals surface area contributed by atoms with E-state index in [1.165, 1.54) is 0 Å². The van der Waals surface area contributed by atoms with Crippen LogP contribution in [0.4, 0.5) is 0 Å². The second kappa shape index (κ2) is 8.29. The zero-order chi connectivity index (χ0) is 21.2. The molecule has 1 aliphatic heterocycles. The molecule has 8 nitrogen and oxygen atoms in total. The van der Waals surface area contributed by atoms with Crippen LogP contribution in [0.2, 0.25) is 0 Å². The number of carbonyl (C=O) groups is 1. The molecule has 1 fully saturated rings. The van der Waals surface area contributed by atoms with Crippen molar-refractivity contribution < 1.29 is 9.21 Å². The molecule has 4 aromatic rings. The number of amides is 1. The molecule has 1 amide bonds. The maximum atomic E-state index is 13.2. The quantitative estimate of drug-likeness (QED) is 0.483. The van der Waals surface area contributed by atoms with Gasteiger partial charge >= 0.3 is 0 Å². The van der Waals surface area contributed by atoms with Gasteiger partial charge in [0.1, 0.15) is 11.7 Å². The van der Waals surface area contributed by atoms with E-state index in [2.05, 4.69) is 27.2 Å². The fraction of sp³-hybridized carbons (Fsp3) is 0.348. The Hall–Kier alpha value is -3.55. The molecule has 5 rings (SSSR count). The summed E-state index contributed by atoms with van der Waals surface area (Å²) in [5.41, 5.74) is 1.25. The molecule has 31 heavy (non-hydrogen) atoms. The third kappa shape index (κ3) is 3.69. The zero-order valence-corrected chi connectivity index (χ0v) is 17.4. The van der Waals surface area contributed by atoms with Gasteiger partial charge in [0.15, 0.2) is 0 Å². The number of benzene rings is 1. The molecule has 0 spiro atoms. The normalized spacial score (nSPS) is 16.7. The van der Waals surface area contributed by atoms with Crippen molar-refractivity contribution in [1.29, 1.82) is 0 Å². The summed E-state index contributed by atoms with van der Waals surface area (Å²) >= 11 is 0. The molecule has 1 saturated heterocycles. The van der Waals surface area contributed by atoms with E-state index in [0.717, 1.165) is 43.0 Å². The maximum Gasteiger partial charge on any atom is 0.267 e. The topological polar surface area (TPSA) is 89.9 Å². The lowest BCUT2D eigenvalue weighted by Gasteiger charge is -2.33. The molecule has 1 aromatic carbocycles. The van der Waals surface area contributed by atoms with Crippen LogP contribution in [0.15, 0.2) is 53.3 Å². The van der Waals surface area contributed by atoms with Crippen molar-refractivity contribution in [2.24, 2.45) is 0 Å². The van der Waals surface area contributed by atoms with E-state index in [1.54, 1.807) is 12.4 Å². The van der Waals surface area contributed by atoms with Crippen LogP contribution in [0.5, 0.6) is 0 Å². The Morgan fingerprint density at radius 3 is 3.00 bits per heavy atom. The smallest absolute Gasteiger partial charge is 0.267 e. The zero-order valence-electron chi connectivity index (χ0n) is 17.4. The van der Waals surface area contributed by atoms with Crippen molar-refractivity contribution in [1.82, 2.24) is 29.9 Å². The molecule has 8 heteroatoms. The van der Waals surface area contributed by atoms with Crippen molar-refractivity contribution in [3.63, 3.8) is 0 Å². The maximum absolute atomic E-state index is 13.2. The Morgan fingerprint density at radius 1 is 1.19 bits per heavy atom. The first-order valence-corrected chi connectivity index (χ1v) is 10.8. The molecule has 0 saturated carbocycles. The van der Waals surface area contributed by atoms with Gasteiger partial charge in [-0.05, 0) is 37.1 Å². The van der Waals surface area contributed by atoms with Crippen LogP contribution in [0, 0.1) is 0 Å². The monoisotopic (exact) mass is 416 g/mol. The summed E-state index contributed by atoms with van der Waals surface area (Å²) in [6.45, 7) is 3.54. The molecule has 0 bridgehead atoms. The van der Waals surface area contributed by atoms with Crippen LogP contribution < -0.4 is 0 Å². The van der Waals surface area contributed by atoms with E-state index >= 15 is 0 Å². The molecule has 4 heterocycles. The van der Waals surface area contributed by atoms with Crippen LogP contribution in [0.1, 0.15) is 54.9 Å². The van der Waals surface area contributed by atoms with Gasteiger partial charge in [0.2, 0.25) is 5.89 Å². The molecule has 158 valence electrons. The van der Waals surface area contributed by atoms with Gasteiger partial charge in [0.05, 0.1) is 11.8 Å². The van der Waals surface area contributed by atoms with Gasteiger partial charge < -0.3 is 9.32 Å². The van der Waals surface area contributed by atoms with E-state index in [9.17, 15) is 4.79 Å². The minimum absolute atomic E-state index is 0.0462. The number of likely N-dealkylation sites (tertiary alicyclic amines) is 1. The van der Waals surface area contributed by atoms with Crippen molar-refractivity contribution in [2.75, 3.05) is 6.54 Å². The van der Waals surface area contributed by atoms with E-state index in [0.29, 0.717) is 29.6 Å². The number of fused-ring (bicyclic) bond motifs is 1. The van der Waals surface area contributed by atoms with E-state index in [4.69, 9.17) is 4.42 Å². The van der Waals surface area contributed by atoms with Gasteiger partial charge in [-0.3, -0.25) is 14.5 Å². The first-order valence-electron chi connectivity index (χ1n) is 10.8. The lowest BCUT2D eigenvalue weighted by molar-refractivity contribution is 0.0572. The summed E-state index contributed by atoms with van der Waals surface area (Å²) in [6, 6.07) is 9.68. The number of rotatable bonds is 5. The van der Waals surface area contributed by atoms with Crippen molar-refractivity contribution in [3.05, 3.63) is 60.4 Å². The Balaban J connectivity index is 1.44. The number of hydrogen-bond donors (Lipinski definition) is 0. The molecule has 0 N–H and O–H groups in total. The number of aromatic nitrogens is 5. The largest absolute Gasteiger partial charge is 0.417 e. The molecule has 3 aromatic heterocycles. The van der Waals surface area contributed by atoms with Gasteiger partial charge in [-0.2, -0.15) is 5.10 Å². The van der Waals surface area contributed by atoms with Crippen LogP contribution in [-0.4, -0.2) is 42.3 Å². The van der Waals surface area contributed by atoms with E-state index in [-0.39, 0.29) is 11.9 Å². The Morgan fingerprint density at radius 2 is 2.10 bits per heavy atom. The predicted molar refractivity (Wildman–Crippen MR) is 115 cm³/mol. The highest BCUT2D eigenvalue weighted by molar-refractivity contribution is 5.94. The van der Waals surface area contributed by atoms with Crippen molar-refractivity contribution in [3.8, 4) is 11.6 Å². The third-order valence-electron chi connectivity index (χ3n) is 5.70. The lowest BCUT2D eigenvalue weighted by atomic mass is 10.0. The highest BCUT2D eigenvalue weighted by atomic mass is 16.4. The highest BCUT2D eigenvalue weighted by Crippen LogP contribution is 2.33. The third-order valence-corrected chi connectivity index (χ3v) is 5.70.